The number of aliphatic imine (C=N–C) groups is 1. The molecule has 5 aromatic carbocycles. The van der Waals surface area contributed by atoms with Crippen LogP contribution >= 0.6 is 0 Å². The van der Waals surface area contributed by atoms with Crippen molar-refractivity contribution in [3.05, 3.63) is 145 Å². The molecule has 0 aromatic heterocycles. The van der Waals surface area contributed by atoms with E-state index in [4.69, 9.17) is 4.99 Å². The minimum absolute atomic E-state index is 0.423. The van der Waals surface area contributed by atoms with Crippen molar-refractivity contribution >= 4 is 40.2 Å². The van der Waals surface area contributed by atoms with Crippen LogP contribution in [-0.4, -0.2) is 20.3 Å². The van der Waals surface area contributed by atoms with Crippen molar-refractivity contribution in [2.45, 2.75) is 0 Å². The van der Waals surface area contributed by atoms with Crippen LogP contribution in [0.3, 0.4) is 0 Å². The molecule has 0 bridgehead atoms. The Kier molecular flexibility index (Phi) is 7.85. The van der Waals surface area contributed by atoms with Crippen LogP contribution in [0, 0.1) is 11.3 Å². The number of rotatable bonds is 8. The van der Waals surface area contributed by atoms with Crippen molar-refractivity contribution in [2.75, 3.05) is 23.9 Å². The first kappa shape index (κ1) is 26.2. The van der Waals surface area contributed by atoms with Crippen LogP contribution in [0.2, 0.25) is 0 Å². The second-order valence-electron chi connectivity index (χ2n) is 9.62. The first-order chi connectivity index (χ1) is 19.5. The Morgan fingerprint density at radius 1 is 0.700 bits per heavy atom. The molecule has 5 aromatic rings. The standard InChI is InChI=1S/C36H30N4/c1-27(25-37)30-18-23-36(38-26-28-14-19-31(20-15-28)39(2)3)35(24-30)29-16-21-34(22-17-29)40(32-10-6-4-7-11-32)33-12-8-5-9-13-33/h4-24,26H,1H2,2-3H3/b38-26+. The maximum Gasteiger partial charge on any atom is 0.0991 e. The molecule has 0 fully saturated rings. The zero-order valence-electron chi connectivity index (χ0n) is 22.7. The maximum atomic E-state index is 9.46. The average Bonchev–Trinajstić information content (AvgIpc) is 3.01. The normalized spacial score (nSPS) is 10.7. The highest BCUT2D eigenvalue weighted by Gasteiger charge is 2.13. The summed E-state index contributed by atoms with van der Waals surface area (Å²) in [6.07, 6.45) is 1.87. The lowest BCUT2D eigenvalue weighted by Gasteiger charge is -2.25. The van der Waals surface area contributed by atoms with Crippen LogP contribution < -0.4 is 9.80 Å². The molecule has 40 heavy (non-hydrogen) atoms. The van der Waals surface area contributed by atoms with Gasteiger partial charge in [-0.15, -0.1) is 0 Å². The van der Waals surface area contributed by atoms with E-state index in [1.807, 2.05) is 74.9 Å². The van der Waals surface area contributed by atoms with Gasteiger partial charge < -0.3 is 9.80 Å². The SMILES string of the molecule is C=C(C#N)c1ccc(/N=C/c2ccc(N(C)C)cc2)c(-c2ccc(N(c3ccccc3)c3ccccc3)cc2)c1. The van der Waals surface area contributed by atoms with E-state index >= 15 is 0 Å². The minimum Gasteiger partial charge on any atom is -0.378 e. The number of nitriles is 1. The van der Waals surface area contributed by atoms with Crippen LogP contribution in [0.1, 0.15) is 11.1 Å². The first-order valence-corrected chi connectivity index (χ1v) is 13.1. The Morgan fingerprint density at radius 3 is 1.80 bits per heavy atom. The van der Waals surface area contributed by atoms with Crippen LogP contribution in [0.15, 0.2) is 139 Å². The Labute approximate surface area is 236 Å². The van der Waals surface area contributed by atoms with Crippen LogP contribution in [0.25, 0.3) is 16.7 Å². The summed E-state index contributed by atoms with van der Waals surface area (Å²) in [5.74, 6) is 0. The number of hydrogen-bond donors (Lipinski definition) is 0. The third kappa shape index (κ3) is 5.85. The topological polar surface area (TPSA) is 42.6 Å². The molecule has 0 aliphatic rings. The maximum absolute atomic E-state index is 9.46. The Balaban J connectivity index is 1.53. The largest absolute Gasteiger partial charge is 0.378 e. The van der Waals surface area contributed by atoms with E-state index in [1.54, 1.807) is 0 Å². The number of para-hydroxylation sites is 2. The third-order valence-corrected chi connectivity index (χ3v) is 6.71. The molecule has 0 atom stereocenters. The van der Waals surface area contributed by atoms with Gasteiger partial charge >= 0.3 is 0 Å². The van der Waals surface area contributed by atoms with Crippen molar-refractivity contribution in [3.8, 4) is 17.2 Å². The lowest BCUT2D eigenvalue weighted by Crippen LogP contribution is -2.09. The molecule has 0 saturated heterocycles. The molecule has 4 nitrogen and oxygen atoms in total. The van der Waals surface area contributed by atoms with Crippen molar-refractivity contribution in [1.82, 2.24) is 0 Å². The zero-order chi connectivity index (χ0) is 27.9. The number of benzene rings is 5. The van der Waals surface area contributed by atoms with E-state index in [2.05, 4.69) is 95.2 Å². The summed E-state index contributed by atoms with van der Waals surface area (Å²) < 4.78 is 0. The zero-order valence-corrected chi connectivity index (χ0v) is 22.7. The molecule has 0 heterocycles. The fourth-order valence-corrected chi connectivity index (χ4v) is 4.53. The Bertz CT molecular complexity index is 1620. The van der Waals surface area contributed by atoms with Crippen LogP contribution in [0.5, 0.6) is 0 Å². The van der Waals surface area contributed by atoms with Crippen LogP contribution in [-0.2, 0) is 0 Å². The summed E-state index contributed by atoms with van der Waals surface area (Å²) in [6.45, 7) is 3.92. The highest BCUT2D eigenvalue weighted by molar-refractivity contribution is 5.89. The second kappa shape index (κ2) is 12.0. The van der Waals surface area contributed by atoms with E-state index in [9.17, 15) is 5.26 Å². The van der Waals surface area contributed by atoms with Gasteiger partial charge in [-0.05, 0) is 77.4 Å². The van der Waals surface area contributed by atoms with Gasteiger partial charge in [0.1, 0.15) is 0 Å². The van der Waals surface area contributed by atoms with Crippen molar-refractivity contribution in [1.29, 1.82) is 5.26 Å². The van der Waals surface area contributed by atoms with Crippen molar-refractivity contribution in [2.24, 2.45) is 4.99 Å². The first-order valence-electron chi connectivity index (χ1n) is 13.1. The van der Waals surface area contributed by atoms with Crippen molar-refractivity contribution < 1.29 is 0 Å². The van der Waals surface area contributed by atoms with Crippen molar-refractivity contribution in [3.63, 3.8) is 0 Å². The van der Waals surface area contributed by atoms with Gasteiger partial charge in [0.05, 0.1) is 17.3 Å². The molecule has 194 valence electrons. The molecule has 0 radical (unpaired) electrons. The molecular weight excluding hydrogens is 488 g/mol. The molecule has 0 unspecified atom stereocenters. The number of anilines is 4. The average molecular weight is 519 g/mol. The van der Waals surface area contributed by atoms with Gasteiger partial charge in [-0.3, -0.25) is 4.99 Å². The van der Waals surface area contributed by atoms with E-state index < -0.39 is 0 Å². The van der Waals surface area contributed by atoms with E-state index in [0.29, 0.717) is 5.57 Å². The van der Waals surface area contributed by atoms with Gasteiger partial charge in [0, 0.05) is 48.6 Å². The summed E-state index contributed by atoms with van der Waals surface area (Å²) in [7, 11) is 4.05. The fourth-order valence-electron chi connectivity index (χ4n) is 4.53. The number of allylic oxidation sites excluding steroid dienone is 1. The van der Waals surface area contributed by atoms with Gasteiger partial charge in [-0.25, -0.2) is 0 Å². The van der Waals surface area contributed by atoms with Crippen LogP contribution in [0.4, 0.5) is 28.4 Å². The summed E-state index contributed by atoms with van der Waals surface area (Å²) in [4.78, 5) is 9.14. The Morgan fingerprint density at radius 2 is 1.25 bits per heavy atom. The number of hydrogen-bond acceptors (Lipinski definition) is 4. The highest BCUT2D eigenvalue weighted by Crippen LogP contribution is 2.38. The Hall–Kier alpha value is -5.40. The van der Waals surface area contributed by atoms with E-state index in [0.717, 1.165) is 50.7 Å². The van der Waals surface area contributed by atoms with E-state index in [-0.39, 0.29) is 0 Å². The van der Waals surface area contributed by atoms with Gasteiger partial charge in [-0.2, -0.15) is 5.26 Å². The summed E-state index contributed by atoms with van der Waals surface area (Å²) >= 11 is 0. The second-order valence-corrected chi connectivity index (χ2v) is 9.62. The predicted octanol–water partition coefficient (Wildman–Crippen LogP) is 9.18. The van der Waals surface area contributed by atoms with Gasteiger partial charge in [-0.1, -0.05) is 73.3 Å². The minimum atomic E-state index is 0.423. The molecule has 5 rings (SSSR count). The third-order valence-electron chi connectivity index (χ3n) is 6.71. The monoisotopic (exact) mass is 518 g/mol. The number of nitrogens with zero attached hydrogens (tertiary/aromatic N) is 4. The predicted molar refractivity (Wildman–Crippen MR) is 169 cm³/mol. The fraction of sp³-hybridized carbons (Fsp3) is 0.0556. The molecule has 0 saturated carbocycles. The van der Waals surface area contributed by atoms with Gasteiger partial charge in [0.15, 0.2) is 0 Å². The highest BCUT2D eigenvalue weighted by atomic mass is 15.1. The molecular formula is C36H30N4. The molecule has 0 aliphatic carbocycles. The molecule has 0 aliphatic heterocycles. The van der Waals surface area contributed by atoms with Gasteiger partial charge in [0.2, 0.25) is 0 Å². The molecule has 0 amide bonds. The van der Waals surface area contributed by atoms with E-state index in [1.165, 1.54) is 0 Å². The molecule has 0 spiro atoms. The summed E-state index contributed by atoms with van der Waals surface area (Å²) in [5.41, 5.74) is 9.33. The summed E-state index contributed by atoms with van der Waals surface area (Å²) in [5, 5.41) is 9.46. The molecule has 4 heteroatoms. The lowest BCUT2D eigenvalue weighted by atomic mass is 9.98. The van der Waals surface area contributed by atoms with Gasteiger partial charge in [0.25, 0.3) is 0 Å². The summed E-state index contributed by atoms with van der Waals surface area (Å²) in [6, 6.07) is 45.4. The quantitative estimate of drug-likeness (QED) is 0.152. The molecule has 0 N–H and O–H groups in total. The smallest absolute Gasteiger partial charge is 0.0991 e. The lowest BCUT2D eigenvalue weighted by molar-refractivity contribution is 1.13.